The second-order valence-corrected chi connectivity index (χ2v) is 6.75. The molecule has 0 spiro atoms. The number of nitro groups is 1. The first kappa shape index (κ1) is 20.1. The minimum absolute atomic E-state index is 0.0454. The molecule has 6 heteroatoms. The number of carbonyl (C=O) groups is 1. The highest BCUT2D eigenvalue weighted by Gasteiger charge is 2.31. The number of nitro benzene ring substituents is 1. The fourth-order valence-electron chi connectivity index (χ4n) is 3.22. The number of esters is 1. The van der Waals surface area contributed by atoms with Crippen LogP contribution in [0.1, 0.15) is 28.4 Å². The zero-order chi connectivity index (χ0) is 21.1. The topological polar surface area (TPSA) is 89.7 Å². The van der Waals surface area contributed by atoms with Crippen molar-refractivity contribution in [3.8, 4) is 28.0 Å². The third-order valence-electron chi connectivity index (χ3n) is 4.64. The average molecular weight is 391 g/mol. The van der Waals surface area contributed by atoms with Gasteiger partial charge in [-0.2, -0.15) is 0 Å². The van der Waals surface area contributed by atoms with Crippen LogP contribution >= 0.6 is 0 Å². The molecule has 3 aromatic rings. The Morgan fingerprint density at radius 3 is 2.00 bits per heavy atom. The van der Waals surface area contributed by atoms with Crippen LogP contribution in [0.5, 0.6) is 5.75 Å². The van der Waals surface area contributed by atoms with E-state index in [4.69, 9.17) is 4.74 Å². The summed E-state index contributed by atoms with van der Waals surface area (Å²) in [6, 6.07) is 15.6. The fraction of sp³-hybridized carbons (Fsp3) is 0.174. The van der Waals surface area contributed by atoms with Crippen LogP contribution in [0.2, 0.25) is 0 Å². The van der Waals surface area contributed by atoms with Crippen molar-refractivity contribution in [1.82, 2.24) is 0 Å². The van der Waals surface area contributed by atoms with Crippen LogP contribution in [0.4, 0.5) is 5.69 Å². The summed E-state index contributed by atoms with van der Waals surface area (Å²) in [6.07, 6.45) is 0. The second kappa shape index (κ2) is 8.14. The van der Waals surface area contributed by atoms with Crippen LogP contribution < -0.4 is 0 Å². The lowest BCUT2D eigenvalue weighted by molar-refractivity contribution is -0.385. The average Bonchev–Trinajstić information content (AvgIpc) is 2.68. The molecule has 0 atom stereocenters. The Kier molecular flexibility index (Phi) is 5.64. The zero-order valence-corrected chi connectivity index (χ0v) is 16.4. The summed E-state index contributed by atoms with van der Waals surface area (Å²) in [4.78, 5) is 24.1. The normalized spacial score (nSPS) is 10.6. The predicted octanol–water partition coefficient (Wildman–Crippen LogP) is 5.43. The lowest BCUT2D eigenvalue weighted by atomic mass is 9.89. The summed E-state index contributed by atoms with van der Waals surface area (Å²) in [5.74, 6) is -1.18. The van der Waals surface area contributed by atoms with Gasteiger partial charge in [0, 0.05) is 5.56 Å². The number of aryl methyl sites for hydroxylation is 2. The van der Waals surface area contributed by atoms with Gasteiger partial charge in [-0.15, -0.1) is 0 Å². The van der Waals surface area contributed by atoms with E-state index in [9.17, 15) is 20.0 Å². The molecule has 0 aromatic heterocycles. The molecule has 0 heterocycles. The van der Waals surface area contributed by atoms with E-state index in [1.807, 2.05) is 26.0 Å². The molecule has 0 aliphatic rings. The van der Waals surface area contributed by atoms with E-state index in [1.165, 1.54) is 6.07 Å². The van der Waals surface area contributed by atoms with Crippen molar-refractivity contribution in [2.75, 3.05) is 6.61 Å². The first-order chi connectivity index (χ1) is 13.8. The number of carbonyl (C=O) groups excluding carboxylic acids is 1. The molecule has 0 radical (unpaired) electrons. The number of aromatic hydroxyl groups is 1. The van der Waals surface area contributed by atoms with Crippen LogP contribution in [-0.2, 0) is 4.74 Å². The first-order valence-corrected chi connectivity index (χ1v) is 9.19. The van der Waals surface area contributed by atoms with Gasteiger partial charge in [0.2, 0.25) is 0 Å². The molecule has 0 aliphatic carbocycles. The Balaban J connectivity index is 2.44. The number of hydrogen-bond donors (Lipinski definition) is 1. The minimum Gasteiger partial charge on any atom is -0.502 e. The molecule has 0 fully saturated rings. The van der Waals surface area contributed by atoms with Crippen molar-refractivity contribution in [3.05, 3.63) is 81.4 Å². The maximum absolute atomic E-state index is 12.9. The minimum atomic E-state index is -0.679. The Morgan fingerprint density at radius 2 is 1.52 bits per heavy atom. The highest BCUT2D eigenvalue weighted by atomic mass is 16.6. The third kappa shape index (κ3) is 3.96. The van der Waals surface area contributed by atoms with Crippen LogP contribution in [0.3, 0.4) is 0 Å². The van der Waals surface area contributed by atoms with Crippen LogP contribution in [-0.4, -0.2) is 22.6 Å². The summed E-state index contributed by atoms with van der Waals surface area (Å²) in [7, 11) is 0. The number of benzene rings is 3. The number of rotatable bonds is 5. The second-order valence-electron chi connectivity index (χ2n) is 6.75. The van der Waals surface area contributed by atoms with Crippen molar-refractivity contribution >= 4 is 11.7 Å². The molecule has 0 amide bonds. The summed E-state index contributed by atoms with van der Waals surface area (Å²) < 4.78 is 5.23. The van der Waals surface area contributed by atoms with E-state index < -0.39 is 22.3 Å². The Morgan fingerprint density at radius 1 is 1.00 bits per heavy atom. The Labute approximate surface area is 168 Å². The van der Waals surface area contributed by atoms with Crippen LogP contribution in [0, 0.1) is 24.0 Å². The summed E-state index contributed by atoms with van der Waals surface area (Å²) in [5, 5.41) is 22.3. The zero-order valence-electron chi connectivity index (χ0n) is 16.4. The van der Waals surface area contributed by atoms with Crippen LogP contribution in [0.25, 0.3) is 22.3 Å². The van der Waals surface area contributed by atoms with E-state index in [2.05, 4.69) is 0 Å². The lowest BCUT2D eigenvalue weighted by Gasteiger charge is -2.16. The van der Waals surface area contributed by atoms with Crippen molar-refractivity contribution < 1.29 is 19.6 Å². The molecule has 3 aromatic carbocycles. The quantitative estimate of drug-likeness (QED) is 0.356. The fourth-order valence-corrected chi connectivity index (χ4v) is 3.22. The molecule has 148 valence electrons. The highest BCUT2D eigenvalue weighted by molar-refractivity contribution is 6.07. The van der Waals surface area contributed by atoms with Gasteiger partial charge in [0.1, 0.15) is 0 Å². The number of phenols is 1. The predicted molar refractivity (Wildman–Crippen MR) is 111 cm³/mol. The van der Waals surface area contributed by atoms with Crippen molar-refractivity contribution in [2.45, 2.75) is 20.8 Å². The number of ether oxygens (including phenoxy) is 1. The maximum atomic E-state index is 12.9. The molecule has 1 N–H and O–H groups in total. The molecule has 0 saturated heterocycles. The van der Waals surface area contributed by atoms with Gasteiger partial charge in [0.05, 0.1) is 22.7 Å². The Hall–Kier alpha value is -3.67. The van der Waals surface area contributed by atoms with Gasteiger partial charge in [-0.3, -0.25) is 10.1 Å². The van der Waals surface area contributed by atoms with Gasteiger partial charge in [0.15, 0.2) is 5.75 Å². The number of nitrogens with zero attached hydrogens (tertiary/aromatic N) is 1. The van der Waals surface area contributed by atoms with Gasteiger partial charge < -0.3 is 9.84 Å². The third-order valence-corrected chi connectivity index (χ3v) is 4.64. The largest absolute Gasteiger partial charge is 0.502 e. The first-order valence-electron chi connectivity index (χ1n) is 9.19. The van der Waals surface area contributed by atoms with E-state index in [0.29, 0.717) is 16.7 Å². The van der Waals surface area contributed by atoms with E-state index in [0.717, 1.165) is 11.1 Å². The molecule has 0 bridgehead atoms. The van der Waals surface area contributed by atoms with Gasteiger partial charge in [-0.05, 0) is 38.0 Å². The summed E-state index contributed by atoms with van der Waals surface area (Å²) >= 11 is 0. The molecule has 0 unspecified atom stereocenters. The van der Waals surface area contributed by atoms with Gasteiger partial charge in [-0.25, -0.2) is 4.79 Å². The number of hydrogen-bond acceptors (Lipinski definition) is 5. The Bertz CT molecular complexity index is 1070. The summed E-state index contributed by atoms with van der Waals surface area (Å²) in [6.45, 7) is 5.61. The van der Waals surface area contributed by atoms with E-state index in [1.54, 1.807) is 43.3 Å². The summed E-state index contributed by atoms with van der Waals surface area (Å²) in [5.41, 5.74) is 3.05. The molecule has 29 heavy (non-hydrogen) atoms. The monoisotopic (exact) mass is 391 g/mol. The molecule has 0 saturated carbocycles. The van der Waals surface area contributed by atoms with E-state index in [-0.39, 0.29) is 17.7 Å². The van der Waals surface area contributed by atoms with Crippen molar-refractivity contribution in [2.24, 2.45) is 0 Å². The van der Waals surface area contributed by atoms with Gasteiger partial charge in [-0.1, -0.05) is 59.7 Å². The molecule has 6 nitrogen and oxygen atoms in total. The van der Waals surface area contributed by atoms with Crippen molar-refractivity contribution in [3.63, 3.8) is 0 Å². The van der Waals surface area contributed by atoms with Gasteiger partial charge in [0.25, 0.3) is 0 Å². The van der Waals surface area contributed by atoms with Crippen molar-refractivity contribution in [1.29, 1.82) is 0 Å². The standard InChI is InChI=1S/C23H21NO5/c1-4-29-23(26)21-18(16-9-5-14(2)6-10-16)13-19(25)22(24(27)28)20(21)17-11-7-15(3)8-12-17/h5-13,25H,4H2,1-3H3. The molecule has 3 rings (SSSR count). The SMILES string of the molecule is CCOC(=O)c1c(-c2ccc(C)cc2)cc(O)c([N+](=O)[O-])c1-c1ccc(C)cc1. The highest BCUT2D eigenvalue weighted by Crippen LogP contribution is 2.45. The molecular formula is C23H21NO5. The maximum Gasteiger partial charge on any atom is 0.339 e. The van der Waals surface area contributed by atoms with E-state index >= 15 is 0 Å². The van der Waals surface area contributed by atoms with Crippen LogP contribution in [0.15, 0.2) is 54.6 Å². The molecular weight excluding hydrogens is 370 g/mol. The molecule has 0 aliphatic heterocycles. The smallest absolute Gasteiger partial charge is 0.339 e. The lowest BCUT2D eigenvalue weighted by Crippen LogP contribution is -2.10. The number of phenolic OH excluding ortho intramolecular Hbond substituents is 1. The van der Waals surface area contributed by atoms with Gasteiger partial charge >= 0.3 is 11.7 Å².